The van der Waals surface area contributed by atoms with Crippen LogP contribution in [0.25, 0.3) is 17.0 Å². The van der Waals surface area contributed by atoms with Crippen LogP contribution in [0.5, 0.6) is 5.75 Å². The number of carbonyl (C=O) groups is 2. The molecule has 0 aliphatic carbocycles. The number of hydrogen-bond acceptors (Lipinski definition) is 6. The summed E-state index contributed by atoms with van der Waals surface area (Å²) in [6.07, 6.45) is 1.82. The van der Waals surface area contributed by atoms with E-state index in [0.717, 1.165) is 44.5 Å². The first kappa shape index (κ1) is 25.3. The highest BCUT2D eigenvalue weighted by Gasteiger charge is 2.34. The molecule has 4 aromatic rings. The van der Waals surface area contributed by atoms with Gasteiger partial charge in [-0.2, -0.15) is 10.3 Å². The lowest BCUT2D eigenvalue weighted by atomic mass is 10.1. The van der Waals surface area contributed by atoms with E-state index in [1.54, 1.807) is 31.4 Å². The number of carbonyl (C=O) groups excluding carboxylic acids is 2. The number of amides is 2. The number of fused-ring (bicyclic) bond motifs is 1. The van der Waals surface area contributed by atoms with Gasteiger partial charge >= 0.3 is 0 Å². The van der Waals surface area contributed by atoms with Crippen LogP contribution in [0.3, 0.4) is 0 Å². The highest BCUT2D eigenvalue weighted by molar-refractivity contribution is 8.26. The van der Waals surface area contributed by atoms with Crippen molar-refractivity contribution >= 4 is 57.1 Å². The van der Waals surface area contributed by atoms with Gasteiger partial charge in [-0.05, 0) is 67.2 Å². The second kappa shape index (κ2) is 10.5. The Morgan fingerprint density at radius 1 is 1.11 bits per heavy atom. The van der Waals surface area contributed by atoms with E-state index in [9.17, 15) is 14.9 Å². The quantitative estimate of drug-likeness (QED) is 0.260. The van der Waals surface area contributed by atoms with Crippen LogP contribution >= 0.6 is 24.0 Å². The van der Waals surface area contributed by atoms with Crippen molar-refractivity contribution in [2.24, 2.45) is 0 Å². The number of benzene rings is 3. The van der Waals surface area contributed by atoms with Crippen molar-refractivity contribution in [1.29, 1.82) is 5.26 Å². The molecule has 0 spiro atoms. The van der Waals surface area contributed by atoms with Crippen LogP contribution in [0, 0.1) is 18.3 Å². The van der Waals surface area contributed by atoms with Gasteiger partial charge in [0.1, 0.15) is 5.75 Å². The monoisotopic (exact) mass is 538 g/mol. The third-order valence-corrected chi connectivity index (χ3v) is 7.68. The first-order valence-corrected chi connectivity index (χ1v) is 12.9. The standard InChI is InChI=1S/C29H22N4O3S2/c1-18-24(23-9-5-6-10-25(23)32(18)17-21-8-4-3-7-20(21)16-30)15-26-28(35)33(29(37)38-26)31-27(34)19-11-13-22(36-2)14-12-19/h3-15H,17H2,1-2H3,(H,31,34)/b26-15-. The van der Waals surface area contributed by atoms with Crippen molar-refractivity contribution in [2.45, 2.75) is 13.5 Å². The molecule has 1 aromatic heterocycles. The molecule has 0 saturated carbocycles. The molecule has 188 valence electrons. The number of thioether (sulfide) groups is 1. The van der Waals surface area contributed by atoms with E-state index < -0.39 is 11.8 Å². The van der Waals surface area contributed by atoms with Gasteiger partial charge in [-0.15, -0.1) is 0 Å². The summed E-state index contributed by atoms with van der Waals surface area (Å²) in [4.78, 5) is 26.5. The Kier molecular flexibility index (Phi) is 7.01. The molecule has 1 aliphatic rings. The molecule has 2 heterocycles. The largest absolute Gasteiger partial charge is 0.497 e. The number of nitrogens with one attached hydrogen (secondary N) is 1. The summed E-state index contributed by atoms with van der Waals surface area (Å²) >= 11 is 6.56. The SMILES string of the molecule is COc1ccc(C(=O)NN2C(=O)/C(=C/c3c(C)n(Cc4ccccc4C#N)c4ccccc34)SC2=S)cc1. The molecule has 0 unspecified atom stereocenters. The zero-order valence-corrected chi connectivity index (χ0v) is 22.2. The number of ether oxygens (including phenoxy) is 1. The van der Waals surface area contributed by atoms with E-state index in [1.807, 2.05) is 61.5 Å². The fourth-order valence-corrected chi connectivity index (χ4v) is 5.55. The smallest absolute Gasteiger partial charge is 0.285 e. The number of hydrogen-bond donors (Lipinski definition) is 1. The molecular weight excluding hydrogens is 516 g/mol. The topological polar surface area (TPSA) is 87.4 Å². The van der Waals surface area contributed by atoms with E-state index >= 15 is 0 Å². The van der Waals surface area contributed by atoms with Crippen molar-refractivity contribution in [2.75, 3.05) is 7.11 Å². The summed E-state index contributed by atoms with van der Waals surface area (Å²) in [5.74, 6) is -0.220. The lowest BCUT2D eigenvalue weighted by Gasteiger charge is -2.15. The molecule has 1 N–H and O–H groups in total. The van der Waals surface area contributed by atoms with Crippen molar-refractivity contribution < 1.29 is 14.3 Å². The lowest BCUT2D eigenvalue weighted by Crippen LogP contribution is -2.44. The predicted molar refractivity (Wildman–Crippen MR) is 152 cm³/mol. The Hall–Kier alpha value is -4.39. The molecule has 38 heavy (non-hydrogen) atoms. The number of nitrogens with zero attached hydrogens (tertiary/aromatic N) is 3. The first-order valence-electron chi connectivity index (χ1n) is 11.7. The predicted octanol–water partition coefficient (Wildman–Crippen LogP) is 5.42. The zero-order valence-electron chi connectivity index (χ0n) is 20.6. The molecule has 0 radical (unpaired) electrons. The second-order valence-corrected chi connectivity index (χ2v) is 10.2. The van der Waals surface area contributed by atoms with Gasteiger partial charge in [-0.1, -0.05) is 48.2 Å². The third kappa shape index (κ3) is 4.67. The summed E-state index contributed by atoms with van der Waals surface area (Å²) in [5, 5.41) is 11.6. The maximum Gasteiger partial charge on any atom is 0.285 e. The first-order chi connectivity index (χ1) is 18.4. The van der Waals surface area contributed by atoms with Gasteiger partial charge in [-0.25, -0.2) is 0 Å². The summed E-state index contributed by atoms with van der Waals surface area (Å²) in [6, 6.07) is 24.3. The molecule has 7 nitrogen and oxygen atoms in total. The van der Waals surface area contributed by atoms with Crippen LogP contribution in [-0.2, 0) is 11.3 Å². The molecule has 1 saturated heterocycles. The van der Waals surface area contributed by atoms with Gasteiger partial charge < -0.3 is 9.30 Å². The van der Waals surface area contributed by atoms with Gasteiger partial charge in [0.05, 0.1) is 23.6 Å². The van der Waals surface area contributed by atoms with Gasteiger partial charge in [0.15, 0.2) is 4.32 Å². The number of thiocarbonyl (C=S) groups is 1. The van der Waals surface area contributed by atoms with E-state index in [4.69, 9.17) is 17.0 Å². The van der Waals surface area contributed by atoms with Gasteiger partial charge in [-0.3, -0.25) is 15.0 Å². The zero-order chi connectivity index (χ0) is 26.8. The van der Waals surface area contributed by atoms with Crippen molar-refractivity contribution in [1.82, 2.24) is 15.0 Å². The molecule has 1 aliphatic heterocycles. The fourth-order valence-electron chi connectivity index (χ4n) is 4.38. The Morgan fingerprint density at radius 2 is 1.82 bits per heavy atom. The minimum atomic E-state index is -0.450. The maximum absolute atomic E-state index is 13.3. The van der Waals surface area contributed by atoms with E-state index in [2.05, 4.69) is 16.1 Å². The molecule has 5 rings (SSSR count). The fraction of sp³-hybridized carbons (Fsp3) is 0.103. The van der Waals surface area contributed by atoms with Crippen LogP contribution in [0.2, 0.25) is 0 Å². The van der Waals surface area contributed by atoms with Crippen LogP contribution in [0.1, 0.15) is 32.7 Å². The lowest BCUT2D eigenvalue weighted by molar-refractivity contribution is -0.123. The average molecular weight is 539 g/mol. The van der Waals surface area contributed by atoms with Crippen LogP contribution in [-0.4, -0.2) is 32.8 Å². The van der Waals surface area contributed by atoms with Crippen molar-refractivity contribution in [3.63, 3.8) is 0 Å². The van der Waals surface area contributed by atoms with E-state index in [-0.39, 0.29) is 4.32 Å². The Morgan fingerprint density at radius 3 is 2.55 bits per heavy atom. The van der Waals surface area contributed by atoms with Gasteiger partial charge in [0.25, 0.3) is 11.8 Å². The molecule has 0 atom stereocenters. The highest BCUT2D eigenvalue weighted by Crippen LogP contribution is 2.35. The highest BCUT2D eigenvalue weighted by atomic mass is 32.2. The normalized spacial score (nSPS) is 14.2. The number of methoxy groups -OCH3 is 1. The Labute approximate surface area is 229 Å². The molecule has 3 aromatic carbocycles. The number of hydrazine groups is 1. The van der Waals surface area contributed by atoms with Crippen molar-refractivity contribution in [3.05, 3.63) is 106 Å². The number of para-hydroxylation sites is 1. The Balaban J connectivity index is 1.46. The number of rotatable bonds is 6. The van der Waals surface area contributed by atoms with Crippen LogP contribution < -0.4 is 10.2 Å². The Bertz CT molecular complexity index is 1670. The number of aromatic nitrogens is 1. The summed E-state index contributed by atoms with van der Waals surface area (Å²) in [6.45, 7) is 2.51. The minimum absolute atomic E-state index is 0.243. The van der Waals surface area contributed by atoms with Crippen LogP contribution in [0.4, 0.5) is 0 Å². The molecule has 1 fully saturated rings. The van der Waals surface area contributed by atoms with E-state index in [0.29, 0.717) is 28.3 Å². The molecule has 9 heteroatoms. The summed E-state index contributed by atoms with van der Waals surface area (Å²) in [7, 11) is 1.55. The van der Waals surface area contributed by atoms with Gasteiger partial charge in [0.2, 0.25) is 0 Å². The number of nitriles is 1. The average Bonchev–Trinajstić information content (AvgIpc) is 3.36. The second-order valence-electron chi connectivity index (χ2n) is 8.56. The maximum atomic E-state index is 13.3. The van der Waals surface area contributed by atoms with Crippen LogP contribution in [0.15, 0.2) is 77.7 Å². The summed E-state index contributed by atoms with van der Waals surface area (Å²) in [5.41, 5.74) is 7.36. The molecular formula is C29H22N4O3S2. The third-order valence-electron chi connectivity index (χ3n) is 6.38. The minimum Gasteiger partial charge on any atom is -0.497 e. The summed E-state index contributed by atoms with van der Waals surface area (Å²) < 4.78 is 7.52. The molecule has 2 amide bonds. The van der Waals surface area contributed by atoms with Crippen molar-refractivity contribution in [3.8, 4) is 11.8 Å². The van der Waals surface area contributed by atoms with E-state index in [1.165, 1.54) is 0 Å². The molecule has 0 bridgehead atoms. The van der Waals surface area contributed by atoms with Gasteiger partial charge in [0, 0.05) is 34.3 Å².